The van der Waals surface area contributed by atoms with E-state index in [0.29, 0.717) is 11.1 Å². The predicted octanol–water partition coefficient (Wildman–Crippen LogP) is 5.03. The molecule has 0 radical (unpaired) electrons. The van der Waals surface area contributed by atoms with Crippen LogP contribution in [0.2, 0.25) is 5.15 Å². The standard InChI is InChI=1S/C15H13ClN2OS/c16-13-6-12(17-7-10-2-1-5-20-10)15-14(18-13)11(8-19-15)9-3-4-9/h1-2,5-6,8-9H,3-4,7H2,(H,17,18). The average Bonchev–Trinajstić information content (AvgIpc) is 2.99. The molecule has 0 atom stereocenters. The summed E-state index contributed by atoms with van der Waals surface area (Å²) >= 11 is 7.88. The molecule has 0 bridgehead atoms. The Morgan fingerprint density at radius 3 is 3.10 bits per heavy atom. The van der Waals surface area contributed by atoms with Gasteiger partial charge in [-0.05, 0) is 30.2 Å². The van der Waals surface area contributed by atoms with Crippen molar-refractivity contribution in [2.24, 2.45) is 0 Å². The van der Waals surface area contributed by atoms with Gasteiger partial charge in [0.1, 0.15) is 10.7 Å². The molecule has 3 aromatic heterocycles. The second-order valence-corrected chi connectivity index (χ2v) is 6.49. The molecule has 20 heavy (non-hydrogen) atoms. The predicted molar refractivity (Wildman–Crippen MR) is 82.6 cm³/mol. The van der Waals surface area contributed by atoms with Gasteiger partial charge in [0.15, 0.2) is 5.58 Å². The summed E-state index contributed by atoms with van der Waals surface area (Å²) in [6.07, 6.45) is 4.28. The van der Waals surface area contributed by atoms with Gasteiger partial charge in [0.05, 0.1) is 12.0 Å². The molecule has 0 amide bonds. The van der Waals surface area contributed by atoms with Crippen LogP contribution in [0.15, 0.2) is 34.3 Å². The van der Waals surface area contributed by atoms with Crippen LogP contribution in [0.3, 0.4) is 0 Å². The van der Waals surface area contributed by atoms with E-state index in [0.717, 1.165) is 23.3 Å². The number of furan rings is 1. The minimum absolute atomic E-state index is 0.509. The van der Waals surface area contributed by atoms with Crippen LogP contribution in [0.4, 0.5) is 5.69 Å². The molecule has 3 nitrogen and oxygen atoms in total. The number of pyridine rings is 1. The van der Waals surface area contributed by atoms with Crippen LogP contribution in [0.5, 0.6) is 0 Å². The highest BCUT2D eigenvalue weighted by Gasteiger charge is 2.28. The topological polar surface area (TPSA) is 38.1 Å². The first-order chi connectivity index (χ1) is 9.81. The summed E-state index contributed by atoms with van der Waals surface area (Å²) in [6.45, 7) is 0.770. The van der Waals surface area contributed by atoms with Gasteiger partial charge in [-0.15, -0.1) is 11.3 Å². The zero-order valence-corrected chi connectivity index (χ0v) is 12.3. The zero-order valence-electron chi connectivity index (χ0n) is 10.7. The van der Waals surface area contributed by atoms with Crippen LogP contribution in [0.25, 0.3) is 11.1 Å². The molecule has 4 rings (SSSR count). The van der Waals surface area contributed by atoms with Crippen LogP contribution < -0.4 is 5.32 Å². The van der Waals surface area contributed by atoms with E-state index >= 15 is 0 Å². The average molecular weight is 305 g/mol. The Balaban J connectivity index is 1.70. The van der Waals surface area contributed by atoms with Gasteiger partial charge < -0.3 is 9.73 Å². The molecule has 0 aromatic carbocycles. The number of rotatable bonds is 4. The molecule has 102 valence electrons. The van der Waals surface area contributed by atoms with Crippen molar-refractivity contribution < 1.29 is 4.42 Å². The largest absolute Gasteiger partial charge is 0.460 e. The highest BCUT2D eigenvalue weighted by atomic mass is 35.5. The van der Waals surface area contributed by atoms with Gasteiger partial charge in [-0.1, -0.05) is 17.7 Å². The number of nitrogens with one attached hydrogen (secondary N) is 1. The maximum absolute atomic E-state index is 6.15. The Hall–Kier alpha value is -1.52. The summed E-state index contributed by atoms with van der Waals surface area (Å²) in [5, 5.41) is 5.98. The van der Waals surface area contributed by atoms with E-state index in [1.807, 2.05) is 12.3 Å². The summed E-state index contributed by atoms with van der Waals surface area (Å²) in [5.74, 6) is 0.604. The van der Waals surface area contributed by atoms with E-state index in [-0.39, 0.29) is 0 Å². The molecule has 1 fully saturated rings. The summed E-state index contributed by atoms with van der Waals surface area (Å²) in [4.78, 5) is 5.71. The van der Waals surface area contributed by atoms with Gasteiger partial charge in [0.2, 0.25) is 0 Å². The van der Waals surface area contributed by atoms with Gasteiger partial charge >= 0.3 is 0 Å². The number of anilines is 1. The first-order valence-corrected chi connectivity index (χ1v) is 7.91. The van der Waals surface area contributed by atoms with E-state index in [1.54, 1.807) is 11.3 Å². The minimum atomic E-state index is 0.509. The van der Waals surface area contributed by atoms with Crippen LogP contribution in [-0.2, 0) is 6.54 Å². The second kappa shape index (κ2) is 4.79. The summed E-state index contributed by atoms with van der Waals surface area (Å²) in [6, 6.07) is 5.99. The van der Waals surface area contributed by atoms with Crippen molar-refractivity contribution in [3.63, 3.8) is 0 Å². The Kier molecular flexibility index (Phi) is 2.93. The molecule has 0 unspecified atom stereocenters. The van der Waals surface area contributed by atoms with Crippen molar-refractivity contribution in [2.75, 3.05) is 5.32 Å². The van der Waals surface area contributed by atoms with Crippen molar-refractivity contribution in [3.05, 3.63) is 45.4 Å². The summed E-state index contributed by atoms with van der Waals surface area (Å²) in [5.41, 5.74) is 3.84. The monoisotopic (exact) mass is 304 g/mol. The molecule has 1 aliphatic rings. The number of hydrogen-bond donors (Lipinski definition) is 1. The molecule has 1 aliphatic carbocycles. The number of fused-ring (bicyclic) bond motifs is 1. The molecule has 1 N–H and O–H groups in total. The van der Waals surface area contributed by atoms with Crippen LogP contribution in [0.1, 0.15) is 29.2 Å². The first-order valence-electron chi connectivity index (χ1n) is 6.65. The van der Waals surface area contributed by atoms with Crippen molar-refractivity contribution >= 4 is 39.7 Å². The number of halogens is 1. The lowest BCUT2D eigenvalue weighted by molar-refractivity contribution is 0.611. The number of nitrogens with zero attached hydrogens (tertiary/aromatic N) is 1. The Labute approximate surface area is 125 Å². The summed E-state index contributed by atoms with van der Waals surface area (Å²) in [7, 11) is 0. The van der Waals surface area contributed by atoms with Gasteiger partial charge in [-0.2, -0.15) is 0 Å². The van der Waals surface area contributed by atoms with Gasteiger partial charge in [-0.3, -0.25) is 0 Å². The fraction of sp³-hybridized carbons (Fsp3) is 0.267. The molecule has 1 saturated carbocycles. The number of hydrogen-bond acceptors (Lipinski definition) is 4. The molecule has 0 aliphatic heterocycles. The summed E-state index contributed by atoms with van der Waals surface area (Å²) < 4.78 is 5.73. The third kappa shape index (κ3) is 2.19. The zero-order chi connectivity index (χ0) is 13.5. The second-order valence-electron chi connectivity index (χ2n) is 5.07. The molecule has 0 spiro atoms. The van der Waals surface area contributed by atoms with Crippen molar-refractivity contribution in [3.8, 4) is 0 Å². The first kappa shape index (κ1) is 12.2. The van der Waals surface area contributed by atoms with Crippen molar-refractivity contribution in [2.45, 2.75) is 25.3 Å². The van der Waals surface area contributed by atoms with Gasteiger partial charge in [-0.25, -0.2) is 4.98 Å². The molecule has 0 saturated heterocycles. The number of thiophene rings is 1. The van der Waals surface area contributed by atoms with E-state index < -0.39 is 0 Å². The van der Waals surface area contributed by atoms with E-state index in [1.165, 1.54) is 23.3 Å². The number of aromatic nitrogens is 1. The fourth-order valence-electron chi connectivity index (χ4n) is 2.41. The lowest BCUT2D eigenvalue weighted by atomic mass is 10.2. The molecule has 3 aromatic rings. The molecule has 3 heterocycles. The Bertz CT molecular complexity index is 747. The molecular weight excluding hydrogens is 292 g/mol. The van der Waals surface area contributed by atoms with Gasteiger partial charge in [0.25, 0.3) is 0 Å². The van der Waals surface area contributed by atoms with Gasteiger partial charge in [0, 0.05) is 23.1 Å². The minimum Gasteiger partial charge on any atom is -0.460 e. The Morgan fingerprint density at radius 1 is 1.45 bits per heavy atom. The fourth-order valence-corrected chi connectivity index (χ4v) is 3.24. The smallest absolute Gasteiger partial charge is 0.175 e. The highest BCUT2D eigenvalue weighted by molar-refractivity contribution is 7.09. The third-order valence-corrected chi connectivity index (χ3v) is 4.64. The maximum atomic E-state index is 6.15. The maximum Gasteiger partial charge on any atom is 0.175 e. The quantitative estimate of drug-likeness (QED) is 0.687. The van der Waals surface area contributed by atoms with Crippen LogP contribution >= 0.6 is 22.9 Å². The Morgan fingerprint density at radius 2 is 2.35 bits per heavy atom. The van der Waals surface area contributed by atoms with Crippen molar-refractivity contribution in [1.82, 2.24) is 4.98 Å². The van der Waals surface area contributed by atoms with Crippen LogP contribution in [-0.4, -0.2) is 4.98 Å². The lowest BCUT2D eigenvalue weighted by Gasteiger charge is -2.06. The van der Waals surface area contributed by atoms with Crippen molar-refractivity contribution in [1.29, 1.82) is 0 Å². The van der Waals surface area contributed by atoms with E-state index in [9.17, 15) is 0 Å². The SMILES string of the molecule is Clc1cc(NCc2cccs2)c2occ(C3CC3)c2n1. The van der Waals surface area contributed by atoms with E-state index in [2.05, 4.69) is 27.8 Å². The van der Waals surface area contributed by atoms with E-state index in [4.69, 9.17) is 16.0 Å². The normalized spacial score (nSPS) is 14.8. The highest BCUT2D eigenvalue weighted by Crippen LogP contribution is 2.44. The third-order valence-electron chi connectivity index (χ3n) is 3.57. The lowest BCUT2D eigenvalue weighted by Crippen LogP contribution is -1.98. The molecular formula is C15H13ClN2OS. The van der Waals surface area contributed by atoms with Crippen LogP contribution in [0, 0.1) is 0 Å². The molecule has 5 heteroatoms.